The number of nitrogens with zero attached hydrogens (tertiary/aromatic N) is 1. The van der Waals surface area contributed by atoms with E-state index in [1.807, 2.05) is 0 Å². The number of rotatable bonds is 3. The Kier molecular flexibility index (Phi) is 4.15. The Bertz CT molecular complexity index is 750. The zero-order valence-corrected chi connectivity index (χ0v) is 11.4. The summed E-state index contributed by atoms with van der Waals surface area (Å²) in [7, 11) is 1.56. The minimum Gasteiger partial charge on any atom is -0.318 e. The third-order valence-corrected chi connectivity index (χ3v) is 2.98. The van der Waals surface area contributed by atoms with Gasteiger partial charge in [0.2, 0.25) is 5.56 Å². The fourth-order valence-electron chi connectivity index (χ4n) is 1.64. The molecule has 5 heteroatoms. The maximum absolute atomic E-state index is 13.5. The van der Waals surface area contributed by atoms with Crippen LogP contribution < -0.4 is 5.56 Å². The zero-order chi connectivity index (χ0) is 14.7. The molecule has 0 saturated heterocycles. The summed E-state index contributed by atoms with van der Waals surface area (Å²) in [6.45, 7) is 0. The lowest BCUT2D eigenvalue weighted by Gasteiger charge is -2.00. The van der Waals surface area contributed by atoms with Gasteiger partial charge in [0.1, 0.15) is 5.82 Å². The Morgan fingerprint density at radius 3 is 2.70 bits per heavy atom. The quantitative estimate of drug-likeness (QED) is 0.644. The average molecular weight is 292 g/mol. The number of allylic oxidation sites excluding steroid dienone is 1. The lowest BCUT2D eigenvalue weighted by atomic mass is 10.1. The highest BCUT2D eigenvalue weighted by atomic mass is 35.5. The second kappa shape index (κ2) is 5.84. The van der Waals surface area contributed by atoms with Crippen LogP contribution in [-0.4, -0.2) is 10.4 Å². The minimum atomic E-state index is -0.498. The van der Waals surface area contributed by atoms with Gasteiger partial charge in [-0.1, -0.05) is 17.7 Å². The van der Waals surface area contributed by atoms with E-state index in [-0.39, 0.29) is 16.9 Å². The molecule has 0 amide bonds. The fourth-order valence-corrected chi connectivity index (χ4v) is 1.80. The van der Waals surface area contributed by atoms with E-state index in [2.05, 4.69) is 0 Å². The minimum absolute atomic E-state index is 0.200. The van der Waals surface area contributed by atoms with Crippen molar-refractivity contribution >= 4 is 23.5 Å². The number of aromatic nitrogens is 1. The summed E-state index contributed by atoms with van der Waals surface area (Å²) >= 11 is 5.64. The lowest BCUT2D eigenvalue weighted by molar-refractivity contribution is 0.104. The Balaban J connectivity index is 2.24. The Labute approximate surface area is 119 Å². The van der Waals surface area contributed by atoms with Crippen LogP contribution in [0.25, 0.3) is 6.08 Å². The molecule has 0 atom stereocenters. The van der Waals surface area contributed by atoms with Gasteiger partial charge in [0, 0.05) is 35.5 Å². The van der Waals surface area contributed by atoms with E-state index in [0.29, 0.717) is 10.6 Å². The maximum atomic E-state index is 13.5. The number of carbonyl (C=O) groups is 1. The zero-order valence-electron chi connectivity index (χ0n) is 10.6. The van der Waals surface area contributed by atoms with Crippen LogP contribution in [0.1, 0.15) is 15.9 Å². The first-order valence-electron chi connectivity index (χ1n) is 5.81. The lowest BCUT2D eigenvalue weighted by Crippen LogP contribution is -2.15. The summed E-state index contributed by atoms with van der Waals surface area (Å²) in [5.74, 6) is -0.808. The molecule has 0 aliphatic heterocycles. The molecule has 20 heavy (non-hydrogen) atoms. The van der Waals surface area contributed by atoms with Gasteiger partial charge in [0.05, 0.1) is 0 Å². The smallest absolute Gasteiger partial charge is 0.250 e. The van der Waals surface area contributed by atoms with Gasteiger partial charge >= 0.3 is 0 Å². The molecule has 3 nitrogen and oxygen atoms in total. The Morgan fingerprint density at radius 1 is 1.30 bits per heavy atom. The number of halogens is 2. The van der Waals surface area contributed by atoms with Gasteiger partial charge in [0.25, 0.3) is 0 Å². The molecule has 0 fully saturated rings. The van der Waals surface area contributed by atoms with Crippen LogP contribution >= 0.6 is 11.6 Å². The van der Waals surface area contributed by atoms with Crippen molar-refractivity contribution < 1.29 is 9.18 Å². The number of aryl methyl sites for hydroxylation is 1. The van der Waals surface area contributed by atoms with Crippen LogP contribution in [0.5, 0.6) is 0 Å². The first kappa shape index (κ1) is 14.2. The number of hydrogen-bond donors (Lipinski definition) is 0. The molecule has 0 spiro atoms. The van der Waals surface area contributed by atoms with Gasteiger partial charge < -0.3 is 4.57 Å². The van der Waals surface area contributed by atoms with Gasteiger partial charge in [-0.05, 0) is 30.4 Å². The van der Waals surface area contributed by atoms with Crippen molar-refractivity contribution in [1.82, 2.24) is 4.57 Å². The maximum Gasteiger partial charge on any atom is 0.250 e. The van der Waals surface area contributed by atoms with Crippen molar-refractivity contribution in [2.45, 2.75) is 0 Å². The highest BCUT2D eigenvalue weighted by Gasteiger charge is 2.04. The summed E-state index contributed by atoms with van der Waals surface area (Å²) in [5.41, 5.74) is 0.430. The third-order valence-electron chi connectivity index (χ3n) is 2.75. The van der Waals surface area contributed by atoms with E-state index in [9.17, 15) is 14.0 Å². The second-order valence-corrected chi connectivity index (χ2v) is 4.67. The summed E-state index contributed by atoms with van der Waals surface area (Å²) in [6.07, 6.45) is 4.07. The largest absolute Gasteiger partial charge is 0.318 e. The van der Waals surface area contributed by atoms with Gasteiger partial charge in [-0.25, -0.2) is 4.39 Å². The SMILES string of the molecule is Cn1cc(C(=O)C=Cc2ccc(Cl)cc2F)ccc1=O. The van der Waals surface area contributed by atoms with Gasteiger partial charge in [-0.15, -0.1) is 0 Å². The summed E-state index contributed by atoms with van der Waals surface area (Å²) in [5, 5.41) is 0.295. The second-order valence-electron chi connectivity index (χ2n) is 4.23. The molecule has 0 bridgehead atoms. The summed E-state index contributed by atoms with van der Waals surface area (Å²) in [6, 6.07) is 6.96. The van der Waals surface area contributed by atoms with Crippen molar-refractivity contribution in [1.29, 1.82) is 0 Å². The monoisotopic (exact) mass is 291 g/mol. The highest BCUT2D eigenvalue weighted by Crippen LogP contribution is 2.16. The number of hydrogen-bond acceptors (Lipinski definition) is 2. The van der Waals surface area contributed by atoms with Crippen LogP contribution in [0.3, 0.4) is 0 Å². The average Bonchev–Trinajstić information content (AvgIpc) is 2.40. The number of pyridine rings is 1. The predicted octanol–water partition coefficient (Wildman–Crippen LogP) is 3.07. The molecule has 2 aromatic rings. The van der Waals surface area contributed by atoms with Crippen molar-refractivity contribution in [2.24, 2.45) is 7.05 Å². The van der Waals surface area contributed by atoms with Crippen LogP contribution in [-0.2, 0) is 7.05 Å². The molecule has 1 heterocycles. The molecule has 2 rings (SSSR count). The molecule has 0 aliphatic carbocycles. The van der Waals surface area contributed by atoms with Gasteiger partial charge in [-0.3, -0.25) is 9.59 Å². The Morgan fingerprint density at radius 2 is 2.05 bits per heavy atom. The van der Waals surface area contributed by atoms with Gasteiger partial charge in [0.15, 0.2) is 5.78 Å². The first-order valence-corrected chi connectivity index (χ1v) is 6.19. The van der Waals surface area contributed by atoms with E-state index >= 15 is 0 Å². The van der Waals surface area contributed by atoms with Gasteiger partial charge in [-0.2, -0.15) is 0 Å². The van der Waals surface area contributed by atoms with Crippen LogP contribution in [0.15, 0.2) is 47.4 Å². The molecule has 0 saturated carbocycles. The summed E-state index contributed by atoms with van der Waals surface area (Å²) in [4.78, 5) is 23.1. The molecule has 1 aromatic carbocycles. The van der Waals surface area contributed by atoms with Crippen LogP contribution in [0, 0.1) is 5.82 Å². The number of carbonyl (C=O) groups excluding carboxylic acids is 1. The topological polar surface area (TPSA) is 39.1 Å². The standard InChI is InChI=1S/C15H11ClFNO2/c1-18-9-11(4-7-15(18)20)14(19)6-3-10-2-5-12(16)8-13(10)17/h2-9H,1H3. The third kappa shape index (κ3) is 3.22. The van der Waals surface area contributed by atoms with E-state index in [1.54, 1.807) is 13.1 Å². The molecule has 102 valence electrons. The van der Waals surface area contributed by atoms with Crippen molar-refractivity contribution in [2.75, 3.05) is 0 Å². The van der Waals surface area contributed by atoms with E-state index in [1.165, 1.54) is 47.2 Å². The van der Waals surface area contributed by atoms with Crippen LogP contribution in [0.2, 0.25) is 5.02 Å². The highest BCUT2D eigenvalue weighted by molar-refractivity contribution is 6.30. The number of benzene rings is 1. The normalized spacial score (nSPS) is 10.9. The Hall–Kier alpha value is -2.20. The van der Waals surface area contributed by atoms with E-state index in [4.69, 9.17) is 11.6 Å². The number of ketones is 1. The van der Waals surface area contributed by atoms with E-state index in [0.717, 1.165) is 0 Å². The predicted molar refractivity (Wildman–Crippen MR) is 76.5 cm³/mol. The molecular weight excluding hydrogens is 281 g/mol. The fraction of sp³-hybridized carbons (Fsp3) is 0.0667. The van der Waals surface area contributed by atoms with Crippen LogP contribution in [0.4, 0.5) is 4.39 Å². The molecule has 0 aliphatic rings. The van der Waals surface area contributed by atoms with Crippen molar-refractivity contribution in [3.05, 3.63) is 74.9 Å². The molecule has 0 radical (unpaired) electrons. The molecule has 0 unspecified atom stereocenters. The van der Waals surface area contributed by atoms with Crippen molar-refractivity contribution in [3.8, 4) is 0 Å². The molecular formula is C15H11ClFNO2. The van der Waals surface area contributed by atoms with Crippen molar-refractivity contribution in [3.63, 3.8) is 0 Å². The first-order chi connectivity index (χ1) is 9.47. The molecule has 0 N–H and O–H groups in total. The van der Waals surface area contributed by atoms with E-state index < -0.39 is 5.82 Å². The summed E-state index contributed by atoms with van der Waals surface area (Å²) < 4.78 is 14.8. The molecule has 1 aromatic heterocycles.